The van der Waals surface area contributed by atoms with Crippen LogP contribution in [-0.2, 0) is 7.05 Å². The number of hydrogen-bond acceptors (Lipinski definition) is 2. The fourth-order valence-electron chi connectivity index (χ4n) is 1.78. The monoisotopic (exact) mass is 204 g/mol. The van der Waals surface area contributed by atoms with E-state index in [1.165, 1.54) is 0 Å². The van der Waals surface area contributed by atoms with Gasteiger partial charge in [-0.25, -0.2) is 4.98 Å². The van der Waals surface area contributed by atoms with Crippen molar-refractivity contribution in [3.05, 3.63) is 29.6 Å². The van der Waals surface area contributed by atoms with Crippen LogP contribution in [0.4, 0.5) is 0 Å². The molecular formula is C12H16N2O. The number of imidazole rings is 1. The second-order valence-corrected chi connectivity index (χ2v) is 3.89. The first-order valence-electron chi connectivity index (χ1n) is 5.24. The van der Waals surface area contributed by atoms with E-state index in [4.69, 9.17) is 0 Å². The fourth-order valence-corrected chi connectivity index (χ4v) is 1.78. The zero-order valence-corrected chi connectivity index (χ0v) is 9.36. The van der Waals surface area contributed by atoms with Gasteiger partial charge in [0.05, 0.1) is 17.1 Å². The minimum Gasteiger partial charge on any atom is -0.388 e. The Morgan fingerprint density at radius 3 is 2.87 bits per heavy atom. The first-order valence-corrected chi connectivity index (χ1v) is 5.24. The molecule has 3 nitrogen and oxygen atoms in total. The van der Waals surface area contributed by atoms with Gasteiger partial charge in [0.25, 0.3) is 0 Å². The lowest BCUT2D eigenvalue weighted by Crippen LogP contribution is -1.95. The molecule has 0 radical (unpaired) electrons. The molecule has 0 spiro atoms. The van der Waals surface area contributed by atoms with Gasteiger partial charge >= 0.3 is 0 Å². The third-order valence-corrected chi connectivity index (χ3v) is 2.90. The Morgan fingerprint density at radius 2 is 2.20 bits per heavy atom. The van der Waals surface area contributed by atoms with Crippen molar-refractivity contribution < 1.29 is 5.11 Å². The van der Waals surface area contributed by atoms with Gasteiger partial charge in [-0.05, 0) is 31.0 Å². The Morgan fingerprint density at radius 1 is 1.47 bits per heavy atom. The Bertz CT molecular complexity index is 488. The number of aliphatic hydroxyl groups excluding tert-OH is 1. The van der Waals surface area contributed by atoms with Gasteiger partial charge in [0.2, 0.25) is 0 Å². The molecule has 1 N–H and O–H groups in total. The molecule has 0 saturated heterocycles. The van der Waals surface area contributed by atoms with Crippen LogP contribution >= 0.6 is 0 Å². The lowest BCUT2D eigenvalue weighted by atomic mass is 10.1. The molecule has 0 fully saturated rings. The highest BCUT2D eigenvalue weighted by Crippen LogP contribution is 2.22. The highest BCUT2D eigenvalue weighted by Gasteiger charge is 2.08. The van der Waals surface area contributed by atoms with Crippen LogP contribution < -0.4 is 0 Å². The second-order valence-electron chi connectivity index (χ2n) is 3.89. The van der Waals surface area contributed by atoms with Gasteiger partial charge in [0, 0.05) is 7.05 Å². The van der Waals surface area contributed by atoms with E-state index in [1.54, 1.807) is 0 Å². The molecular weight excluding hydrogens is 188 g/mol. The van der Waals surface area contributed by atoms with Crippen molar-refractivity contribution >= 4 is 11.0 Å². The quantitative estimate of drug-likeness (QED) is 0.815. The number of nitrogens with zero attached hydrogens (tertiary/aromatic N) is 2. The lowest BCUT2D eigenvalue weighted by molar-refractivity contribution is 0.174. The molecule has 1 aromatic heterocycles. The molecule has 0 aliphatic heterocycles. The molecule has 0 saturated carbocycles. The summed E-state index contributed by atoms with van der Waals surface area (Å²) in [5.41, 5.74) is 3.02. The summed E-state index contributed by atoms with van der Waals surface area (Å²) in [6.45, 7) is 3.95. The molecule has 2 rings (SSSR count). The van der Waals surface area contributed by atoms with E-state index in [1.807, 2.05) is 39.1 Å². The van der Waals surface area contributed by atoms with Crippen molar-refractivity contribution in [3.63, 3.8) is 0 Å². The normalized spacial score (nSPS) is 13.3. The molecule has 1 heterocycles. The molecule has 80 valence electrons. The molecule has 0 aliphatic rings. The lowest BCUT2D eigenvalue weighted by Gasteiger charge is -2.07. The molecule has 15 heavy (non-hydrogen) atoms. The minimum absolute atomic E-state index is 0.378. The first kappa shape index (κ1) is 10.2. The van der Waals surface area contributed by atoms with E-state index in [0.717, 1.165) is 28.8 Å². The largest absolute Gasteiger partial charge is 0.388 e. The summed E-state index contributed by atoms with van der Waals surface area (Å²) < 4.78 is 2.05. The van der Waals surface area contributed by atoms with Crippen LogP contribution in [0.25, 0.3) is 11.0 Å². The van der Waals surface area contributed by atoms with Gasteiger partial charge in [0.15, 0.2) is 0 Å². The predicted octanol–water partition coefficient (Wildman–Crippen LogP) is 2.33. The van der Waals surface area contributed by atoms with Crippen molar-refractivity contribution in [2.75, 3.05) is 0 Å². The number of rotatable bonds is 2. The number of benzene rings is 1. The molecule has 0 aliphatic carbocycles. The smallest absolute Gasteiger partial charge is 0.106 e. The number of fused-ring (bicyclic) bond motifs is 1. The number of aromatic nitrogens is 2. The summed E-state index contributed by atoms with van der Waals surface area (Å²) >= 11 is 0. The van der Waals surface area contributed by atoms with Crippen molar-refractivity contribution in [2.24, 2.45) is 7.05 Å². The molecule has 0 amide bonds. The van der Waals surface area contributed by atoms with Gasteiger partial charge in [-0.2, -0.15) is 0 Å². The zero-order valence-electron chi connectivity index (χ0n) is 9.36. The minimum atomic E-state index is -0.378. The zero-order chi connectivity index (χ0) is 11.0. The van der Waals surface area contributed by atoms with Crippen LogP contribution in [0.5, 0.6) is 0 Å². The summed E-state index contributed by atoms with van der Waals surface area (Å²) in [4.78, 5) is 4.44. The van der Waals surface area contributed by atoms with Crippen LogP contribution in [0.3, 0.4) is 0 Å². The summed E-state index contributed by atoms with van der Waals surface area (Å²) in [7, 11) is 2.00. The Hall–Kier alpha value is -1.35. The summed E-state index contributed by atoms with van der Waals surface area (Å²) in [5.74, 6) is 0.994. The summed E-state index contributed by atoms with van der Waals surface area (Å²) in [6, 6.07) is 5.96. The van der Waals surface area contributed by atoms with E-state index in [-0.39, 0.29) is 6.10 Å². The molecule has 2 aromatic rings. The molecule has 0 bridgehead atoms. The fraction of sp³-hybridized carbons (Fsp3) is 0.417. The summed E-state index contributed by atoms with van der Waals surface area (Å²) in [5, 5.41) is 9.73. The third kappa shape index (κ3) is 1.63. The van der Waals surface area contributed by atoms with Crippen LogP contribution in [-0.4, -0.2) is 14.7 Å². The highest BCUT2D eigenvalue weighted by molar-refractivity contribution is 5.76. The molecule has 1 aromatic carbocycles. The van der Waals surface area contributed by atoms with E-state index < -0.39 is 0 Å². The van der Waals surface area contributed by atoms with E-state index in [0.29, 0.717) is 0 Å². The highest BCUT2D eigenvalue weighted by atomic mass is 16.3. The van der Waals surface area contributed by atoms with Crippen molar-refractivity contribution in [3.8, 4) is 0 Å². The van der Waals surface area contributed by atoms with E-state index in [9.17, 15) is 5.11 Å². The molecule has 3 heteroatoms. The van der Waals surface area contributed by atoms with Gasteiger partial charge in [0.1, 0.15) is 5.82 Å². The first-order chi connectivity index (χ1) is 7.13. The van der Waals surface area contributed by atoms with Gasteiger partial charge in [-0.15, -0.1) is 0 Å². The number of hydrogen-bond donors (Lipinski definition) is 1. The maximum atomic E-state index is 9.73. The second kappa shape index (κ2) is 3.66. The molecule has 1 unspecified atom stereocenters. The predicted molar refractivity (Wildman–Crippen MR) is 60.7 cm³/mol. The maximum Gasteiger partial charge on any atom is 0.106 e. The Labute approximate surface area is 89.4 Å². The van der Waals surface area contributed by atoms with Crippen molar-refractivity contribution in [2.45, 2.75) is 26.4 Å². The number of aryl methyl sites for hydroxylation is 2. The van der Waals surface area contributed by atoms with Crippen LogP contribution in [0, 0.1) is 6.92 Å². The van der Waals surface area contributed by atoms with Crippen molar-refractivity contribution in [1.82, 2.24) is 9.55 Å². The van der Waals surface area contributed by atoms with Gasteiger partial charge in [-0.3, -0.25) is 0 Å². The maximum absolute atomic E-state index is 9.73. The molecule has 1 atom stereocenters. The Balaban J connectivity index is 2.57. The van der Waals surface area contributed by atoms with Crippen molar-refractivity contribution in [1.29, 1.82) is 0 Å². The topological polar surface area (TPSA) is 38.1 Å². The summed E-state index contributed by atoms with van der Waals surface area (Å²) in [6.07, 6.45) is 0.355. The van der Waals surface area contributed by atoms with Crippen LogP contribution in [0.2, 0.25) is 0 Å². The van der Waals surface area contributed by atoms with E-state index >= 15 is 0 Å². The van der Waals surface area contributed by atoms with Crippen LogP contribution in [0.15, 0.2) is 18.2 Å². The van der Waals surface area contributed by atoms with Crippen LogP contribution in [0.1, 0.15) is 30.8 Å². The van der Waals surface area contributed by atoms with Gasteiger partial charge < -0.3 is 9.67 Å². The SMILES string of the molecule is CCC(O)c1ccc2c(c1)nc(C)n2C. The Kier molecular flexibility index (Phi) is 2.49. The number of aliphatic hydroxyl groups is 1. The average molecular weight is 204 g/mol. The van der Waals surface area contributed by atoms with Gasteiger partial charge in [-0.1, -0.05) is 13.0 Å². The third-order valence-electron chi connectivity index (χ3n) is 2.90. The van der Waals surface area contributed by atoms with E-state index in [2.05, 4.69) is 9.55 Å². The standard InChI is InChI=1S/C12H16N2O/c1-4-12(15)9-5-6-11-10(7-9)13-8(2)14(11)3/h5-7,12,15H,4H2,1-3H3. The average Bonchev–Trinajstić information content (AvgIpc) is 2.53.